The zero-order chi connectivity index (χ0) is 14.5. The molecular formula is C15H15NO3S. The maximum atomic E-state index is 10.4. The largest absolute Gasteiger partial charge is 0.486 e. The first-order chi connectivity index (χ1) is 9.54. The number of aliphatic carboxylic acids is 1. The number of carboxylic acid groups (broad SMARTS) is 1. The molecule has 0 aliphatic heterocycles. The summed E-state index contributed by atoms with van der Waals surface area (Å²) in [6.07, 6.45) is 4.27. The monoisotopic (exact) mass is 289 g/mol. The molecule has 0 spiro atoms. The highest BCUT2D eigenvalue weighted by Gasteiger charge is 2.04. The molecule has 0 bridgehead atoms. The van der Waals surface area contributed by atoms with Gasteiger partial charge in [0.2, 0.25) is 0 Å². The second kappa shape index (κ2) is 6.34. The lowest BCUT2D eigenvalue weighted by Gasteiger charge is -2.08. The summed E-state index contributed by atoms with van der Waals surface area (Å²) in [5.41, 5.74) is 2.23. The van der Waals surface area contributed by atoms with Crippen LogP contribution in [0.5, 0.6) is 5.75 Å². The Morgan fingerprint density at radius 2 is 2.25 bits per heavy atom. The minimum Gasteiger partial charge on any atom is -0.486 e. The molecule has 0 aliphatic rings. The van der Waals surface area contributed by atoms with Gasteiger partial charge < -0.3 is 9.84 Å². The Bertz CT molecular complexity index is 646. The number of hydrogen-bond acceptors (Lipinski definition) is 4. The first kappa shape index (κ1) is 14.3. The van der Waals surface area contributed by atoms with Crippen molar-refractivity contribution in [3.63, 3.8) is 0 Å². The second-order valence-corrected chi connectivity index (χ2v) is 5.53. The number of carbonyl (C=O) groups is 1. The summed E-state index contributed by atoms with van der Waals surface area (Å²) in [7, 11) is 0. The van der Waals surface area contributed by atoms with Crippen molar-refractivity contribution in [2.75, 3.05) is 0 Å². The van der Waals surface area contributed by atoms with Gasteiger partial charge in [0.25, 0.3) is 0 Å². The molecule has 0 atom stereocenters. The van der Waals surface area contributed by atoms with Gasteiger partial charge in [-0.3, -0.25) is 0 Å². The van der Waals surface area contributed by atoms with Crippen LogP contribution in [0.3, 0.4) is 0 Å². The van der Waals surface area contributed by atoms with Crippen LogP contribution < -0.4 is 4.74 Å². The molecule has 0 aliphatic carbocycles. The number of aromatic nitrogens is 1. The molecule has 2 rings (SSSR count). The topological polar surface area (TPSA) is 59.4 Å². The number of aryl methyl sites for hydroxylation is 2. The Labute approximate surface area is 121 Å². The minimum atomic E-state index is -0.966. The lowest BCUT2D eigenvalue weighted by atomic mass is 10.1. The zero-order valence-electron chi connectivity index (χ0n) is 11.3. The van der Waals surface area contributed by atoms with Crippen LogP contribution in [0.1, 0.15) is 21.0 Å². The summed E-state index contributed by atoms with van der Waals surface area (Å²) in [5.74, 6) is -0.116. The highest BCUT2D eigenvalue weighted by atomic mass is 32.1. The summed E-state index contributed by atoms with van der Waals surface area (Å²) in [6, 6.07) is 6.06. The van der Waals surface area contributed by atoms with Crippen LogP contribution in [-0.4, -0.2) is 16.1 Å². The van der Waals surface area contributed by atoms with E-state index in [1.54, 1.807) is 6.20 Å². The molecule has 2 aromatic rings. The van der Waals surface area contributed by atoms with Gasteiger partial charge in [-0.2, -0.15) is 0 Å². The average Bonchev–Trinajstić information content (AvgIpc) is 2.85. The summed E-state index contributed by atoms with van der Waals surface area (Å²) < 4.78 is 5.75. The molecule has 1 N–H and O–H groups in total. The fourth-order valence-electron chi connectivity index (χ4n) is 1.62. The molecule has 4 nitrogen and oxygen atoms in total. The Balaban J connectivity index is 2.01. The number of ether oxygens (including phenoxy) is 1. The molecule has 1 heterocycles. The highest BCUT2D eigenvalue weighted by molar-refractivity contribution is 7.12. The van der Waals surface area contributed by atoms with Gasteiger partial charge in [0, 0.05) is 17.2 Å². The van der Waals surface area contributed by atoms with E-state index in [4.69, 9.17) is 9.84 Å². The normalized spacial score (nSPS) is 10.9. The van der Waals surface area contributed by atoms with Gasteiger partial charge in [-0.1, -0.05) is 12.1 Å². The Kier molecular flexibility index (Phi) is 4.53. The fraction of sp³-hybridized carbons (Fsp3) is 0.200. The number of rotatable bonds is 5. The average molecular weight is 289 g/mol. The van der Waals surface area contributed by atoms with E-state index in [2.05, 4.69) is 4.98 Å². The predicted molar refractivity (Wildman–Crippen MR) is 79.0 cm³/mol. The standard InChI is InChI=1S/C15H15NO3S/c1-10-3-4-11(2)13(7-10)19-9-14-16-8-12(20-14)5-6-15(17)18/h3-8H,9H2,1-2H3,(H,17,18)/b6-5+. The molecular weight excluding hydrogens is 274 g/mol. The molecule has 0 amide bonds. The van der Waals surface area contributed by atoms with E-state index in [-0.39, 0.29) is 0 Å². The third-order valence-electron chi connectivity index (χ3n) is 2.66. The Morgan fingerprint density at radius 3 is 3.00 bits per heavy atom. The van der Waals surface area contributed by atoms with E-state index in [0.29, 0.717) is 6.61 Å². The van der Waals surface area contributed by atoms with Gasteiger partial charge in [0.1, 0.15) is 17.4 Å². The minimum absolute atomic E-state index is 0.385. The molecule has 0 saturated heterocycles. The highest BCUT2D eigenvalue weighted by Crippen LogP contribution is 2.22. The predicted octanol–water partition coefficient (Wildman–Crippen LogP) is 3.44. The summed E-state index contributed by atoms with van der Waals surface area (Å²) >= 11 is 1.42. The maximum Gasteiger partial charge on any atom is 0.328 e. The first-order valence-electron chi connectivity index (χ1n) is 6.10. The first-order valence-corrected chi connectivity index (χ1v) is 6.92. The van der Waals surface area contributed by atoms with E-state index >= 15 is 0 Å². The van der Waals surface area contributed by atoms with Crippen molar-refractivity contribution >= 4 is 23.4 Å². The molecule has 0 fully saturated rings. The molecule has 5 heteroatoms. The quantitative estimate of drug-likeness (QED) is 0.857. The Hall–Kier alpha value is -2.14. The molecule has 1 aromatic heterocycles. The second-order valence-electron chi connectivity index (χ2n) is 4.39. The molecule has 0 saturated carbocycles. The van der Waals surface area contributed by atoms with Crippen LogP contribution >= 0.6 is 11.3 Å². The van der Waals surface area contributed by atoms with E-state index in [1.807, 2.05) is 32.0 Å². The van der Waals surface area contributed by atoms with Crippen LogP contribution in [0.2, 0.25) is 0 Å². The van der Waals surface area contributed by atoms with Gasteiger partial charge in [-0.05, 0) is 37.1 Å². The number of thiazole rings is 1. The number of hydrogen-bond donors (Lipinski definition) is 1. The van der Waals surface area contributed by atoms with Crippen molar-refractivity contribution in [2.24, 2.45) is 0 Å². The van der Waals surface area contributed by atoms with Crippen molar-refractivity contribution in [3.05, 3.63) is 51.5 Å². The Morgan fingerprint density at radius 1 is 1.45 bits per heavy atom. The van der Waals surface area contributed by atoms with Crippen molar-refractivity contribution in [2.45, 2.75) is 20.5 Å². The van der Waals surface area contributed by atoms with Gasteiger partial charge in [-0.25, -0.2) is 9.78 Å². The van der Waals surface area contributed by atoms with Crippen molar-refractivity contribution in [1.82, 2.24) is 4.98 Å². The van der Waals surface area contributed by atoms with Crippen molar-refractivity contribution in [3.8, 4) is 5.75 Å². The van der Waals surface area contributed by atoms with E-state index in [0.717, 1.165) is 32.8 Å². The van der Waals surface area contributed by atoms with Crippen LogP contribution in [0, 0.1) is 13.8 Å². The van der Waals surface area contributed by atoms with Gasteiger partial charge in [0.05, 0.1) is 0 Å². The van der Waals surface area contributed by atoms with Crippen LogP contribution in [0.4, 0.5) is 0 Å². The smallest absolute Gasteiger partial charge is 0.328 e. The van der Waals surface area contributed by atoms with E-state index in [9.17, 15) is 4.79 Å². The van der Waals surface area contributed by atoms with Gasteiger partial charge >= 0.3 is 5.97 Å². The van der Waals surface area contributed by atoms with E-state index < -0.39 is 5.97 Å². The van der Waals surface area contributed by atoms with Gasteiger partial charge in [-0.15, -0.1) is 11.3 Å². The molecule has 20 heavy (non-hydrogen) atoms. The number of carboxylic acids is 1. The summed E-state index contributed by atoms with van der Waals surface area (Å²) in [4.78, 5) is 15.4. The summed E-state index contributed by atoms with van der Waals surface area (Å²) in [6.45, 7) is 4.40. The molecule has 0 unspecified atom stereocenters. The van der Waals surface area contributed by atoms with Crippen molar-refractivity contribution in [1.29, 1.82) is 0 Å². The molecule has 0 radical (unpaired) electrons. The fourth-order valence-corrected chi connectivity index (χ4v) is 2.36. The van der Waals surface area contributed by atoms with Crippen molar-refractivity contribution < 1.29 is 14.6 Å². The number of nitrogens with zero attached hydrogens (tertiary/aromatic N) is 1. The zero-order valence-corrected chi connectivity index (χ0v) is 12.1. The van der Waals surface area contributed by atoms with Crippen LogP contribution in [-0.2, 0) is 11.4 Å². The van der Waals surface area contributed by atoms with Crippen LogP contribution in [0.15, 0.2) is 30.5 Å². The molecule has 104 valence electrons. The number of benzene rings is 1. The SMILES string of the molecule is Cc1ccc(C)c(OCc2ncc(/C=C/C(=O)O)s2)c1. The summed E-state index contributed by atoms with van der Waals surface area (Å²) in [5, 5.41) is 9.38. The molecule has 1 aromatic carbocycles. The maximum absolute atomic E-state index is 10.4. The lowest BCUT2D eigenvalue weighted by molar-refractivity contribution is -0.131. The lowest BCUT2D eigenvalue weighted by Crippen LogP contribution is -1.96. The van der Waals surface area contributed by atoms with E-state index in [1.165, 1.54) is 17.4 Å². The third-order valence-corrected chi connectivity index (χ3v) is 3.59. The van der Waals surface area contributed by atoms with Crippen LogP contribution in [0.25, 0.3) is 6.08 Å². The third kappa shape index (κ3) is 3.93. The van der Waals surface area contributed by atoms with Gasteiger partial charge in [0.15, 0.2) is 0 Å².